The highest BCUT2D eigenvalue weighted by atomic mass is 14.9. The third kappa shape index (κ3) is 4.02. The largest absolute Gasteiger partial charge is 0.360 e. The van der Waals surface area contributed by atoms with Crippen LogP contribution in [-0.4, -0.2) is 0 Å². The molecular weight excluding hydrogens is 146 g/mol. The number of hydrogen-bond acceptors (Lipinski definition) is 1. The zero-order chi connectivity index (χ0) is 9.56. The van der Waals surface area contributed by atoms with Crippen molar-refractivity contribution in [2.75, 3.05) is 0 Å². The minimum atomic E-state index is 0.982. The Labute approximate surface area is 75.9 Å². The molecule has 0 aliphatic rings. The van der Waals surface area contributed by atoms with Crippen LogP contribution in [0.25, 0.3) is 0 Å². The smallest absolute Gasteiger partial charge is 0.0367 e. The van der Waals surface area contributed by atoms with Gasteiger partial charge >= 0.3 is 0 Å². The molecular formula is C11H19N. The van der Waals surface area contributed by atoms with Crippen molar-refractivity contribution in [1.82, 2.24) is 5.32 Å². The predicted octanol–water partition coefficient (Wildman–Crippen LogP) is 3.37. The Kier molecular flexibility index (Phi) is 5.18. The maximum absolute atomic E-state index is 3.81. The highest BCUT2D eigenvalue weighted by Gasteiger charge is 1.95. The molecule has 0 radical (unpaired) electrons. The van der Waals surface area contributed by atoms with Crippen molar-refractivity contribution in [3.8, 4) is 0 Å². The normalized spacial score (nSPS) is 13.0. The molecule has 68 valence electrons. The van der Waals surface area contributed by atoms with Crippen LogP contribution in [0.2, 0.25) is 0 Å². The second-order valence-electron chi connectivity index (χ2n) is 2.95. The molecule has 0 aromatic heterocycles. The highest BCUT2D eigenvalue weighted by Crippen LogP contribution is 2.07. The van der Waals surface area contributed by atoms with Crippen LogP contribution in [0.5, 0.6) is 0 Å². The van der Waals surface area contributed by atoms with Gasteiger partial charge in [-0.2, -0.15) is 0 Å². The summed E-state index contributed by atoms with van der Waals surface area (Å²) in [5.41, 5.74) is 3.51. The van der Waals surface area contributed by atoms with Gasteiger partial charge in [0.1, 0.15) is 0 Å². The monoisotopic (exact) mass is 165 g/mol. The van der Waals surface area contributed by atoms with Gasteiger partial charge in [0, 0.05) is 11.4 Å². The van der Waals surface area contributed by atoms with Gasteiger partial charge in [-0.15, -0.1) is 0 Å². The van der Waals surface area contributed by atoms with Crippen LogP contribution in [0.4, 0.5) is 0 Å². The third-order valence-electron chi connectivity index (χ3n) is 1.67. The molecule has 0 aliphatic heterocycles. The molecule has 0 fully saturated rings. The van der Waals surface area contributed by atoms with Crippen molar-refractivity contribution >= 4 is 0 Å². The van der Waals surface area contributed by atoms with E-state index in [-0.39, 0.29) is 0 Å². The third-order valence-corrected chi connectivity index (χ3v) is 1.67. The van der Waals surface area contributed by atoms with Crippen LogP contribution in [0.15, 0.2) is 35.7 Å². The molecule has 1 heteroatoms. The van der Waals surface area contributed by atoms with Gasteiger partial charge in [0.2, 0.25) is 0 Å². The topological polar surface area (TPSA) is 12.0 Å². The first kappa shape index (κ1) is 11.0. The average Bonchev–Trinajstić information content (AvgIpc) is 2.01. The quantitative estimate of drug-likeness (QED) is 0.630. The Morgan fingerprint density at radius 1 is 1.42 bits per heavy atom. The van der Waals surface area contributed by atoms with Crippen molar-refractivity contribution in [3.63, 3.8) is 0 Å². The van der Waals surface area contributed by atoms with Crippen molar-refractivity contribution in [2.45, 2.75) is 34.1 Å². The van der Waals surface area contributed by atoms with Crippen molar-refractivity contribution in [1.29, 1.82) is 0 Å². The van der Waals surface area contributed by atoms with E-state index in [1.54, 1.807) is 0 Å². The summed E-state index contributed by atoms with van der Waals surface area (Å²) in [6.07, 6.45) is 5.18. The predicted molar refractivity (Wildman–Crippen MR) is 55.8 cm³/mol. The van der Waals surface area contributed by atoms with Gasteiger partial charge < -0.3 is 5.32 Å². The lowest BCUT2D eigenvalue weighted by molar-refractivity contribution is 0.946. The fourth-order valence-corrected chi connectivity index (χ4v) is 0.878. The lowest BCUT2D eigenvalue weighted by atomic mass is 10.1. The molecule has 1 nitrogen and oxygen atoms in total. The fourth-order valence-electron chi connectivity index (χ4n) is 0.878. The molecule has 0 rings (SSSR count). The van der Waals surface area contributed by atoms with E-state index in [0.29, 0.717) is 0 Å². The molecule has 0 aromatic rings. The molecule has 0 heterocycles. The Hall–Kier alpha value is -0.980. The molecule has 12 heavy (non-hydrogen) atoms. The van der Waals surface area contributed by atoms with Crippen molar-refractivity contribution in [3.05, 3.63) is 35.7 Å². The van der Waals surface area contributed by atoms with E-state index in [4.69, 9.17) is 0 Å². The SMILES string of the molecule is C=C(C)NC(/C=C\C)=C(\C)CC. The first-order chi connectivity index (χ1) is 5.61. The number of nitrogens with one attached hydrogen (secondary N) is 1. The van der Waals surface area contributed by atoms with E-state index in [2.05, 4.69) is 31.8 Å². The van der Waals surface area contributed by atoms with Gasteiger partial charge in [-0.1, -0.05) is 25.2 Å². The Morgan fingerprint density at radius 2 is 2.00 bits per heavy atom. The van der Waals surface area contributed by atoms with Gasteiger partial charge in [0.05, 0.1) is 0 Å². The Morgan fingerprint density at radius 3 is 2.33 bits per heavy atom. The van der Waals surface area contributed by atoms with E-state index >= 15 is 0 Å². The molecule has 0 aromatic carbocycles. The Balaban J connectivity index is 4.53. The average molecular weight is 165 g/mol. The van der Waals surface area contributed by atoms with E-state index in [1.165, 1.54) is 11.3 Å². The summed E-state index contributed by atoms with van der Waals surface area (Å²) >= 11 is 0. The van der Waals surface area contributed by atoms with Crippen molar-refractivity contribution in [2.24, 2.45) is 0 Å². The zero-order valence-electron chi connectivity index (χ0n) is 8.57. The second-order valence-corrected chi connectivity index (χ2v) is 2.95. The molecule has 0 aliphatic carbocycles. The van der Waals surface area contributed by atoms with Crippen LogP contribution in [0.3, 0.4) is 0 Å². The first-order valence-electron chi connectivity index (χ1n) is 4.36. The summed E-state index contributed by atoms with van der Waals surface area (Å²) in [5.74, 6) is 0. The van der Waals surface area contributed by atoms with Gasteiger partial charge in [0.15, 0.2) is 0 Å². The molecule has 0 atom stereocenters. The number of rotatable bonds is 4. The summed E-state index contributed by atoms with van der Waals surface area (Å²) in [7, 11) is 0. The van der Waals surface area contributed by atoms with E-state index in [9.17, 15) is 0 Å². The summed E-state index contributed by atoms with van der Waals surface area (Å²) in [6, 6.07) is 0. The molecule has 1 N–H and O–H groups in total. The number of hydrogen-bond donors (Lipinski definition) is 1. The van der Waals surface area contributed by atoms with E-state index < -0.39 is 0 Å². The van der Waals surface area contributed by atoms with Crippen LogP contribution < -0.4 is 5.32 Å². The number of allylic oxidation sites excluding steroid dienone is 4. The molecule has 0 saturated carbocycles. The minimum Gasteiger partial charge on any atom is -0.360 e. The molecule has 0 saturated heterocycles. The summed E-state index contributed by atoms with van der Waals surface area (Å²) in [6.45, 7) is 12.1. The van der Waals surface area contributed by atoms with Crippen molar-refractivity contribution < 1.29 is 0 Å². The molecule has 0 unspecified atom stereocenters. The van der Waals surface area contributed by atoms with E-state index in [1.807, 2.05) is 19.9 Å². The van der Waals surface area contributed by atoms with Gasteiger partial charge in [0.25, 0.3) is 0 Å². The second kappa shape index (κ2) is 5.64. The zero-order valence-corrected chi connectivity index (χ0v) is 8.57. The van der Waals surface area contributed by atoms with Crippen LogP contribution in [0.1, 0.15) is 34.1 Å². The van der Waals surface area contributed by atoms with Gasteiger partial charge in [-0.25, -0.2) is 0 Å². The minimum absolute atomic E-state index is 0.982. The maximum atomic E-state index is 3.81. The lowest BCUT2D eigenvalue weighted by Crippen LogP contribution is -2.09. The molecule has 0 spiro atoms. The summed E-state index contributed by atoms with van der Waals surface area (Å²) in [5, 5.41) is 3.23. The molecule has 0 bridgehead atoms. The van der Waals surface area contributed by atoms with Gasteiger partial charge in [-0.05, 0) is 33.3 Å². The molecule has 0 amide bonds. The van der Waals surface area contributed by atoms with Crippen LogP contribution in [0, 0.1) is 0 Å². The Bertz CT molecular complexity index is 209. The van der Waals surface area contributed by atoms with Gasteiger partial charge in [-0.3, -0.25) is 0 Å². The van der Waals surface area contributed by atoms with Crippen LogP contribution in [-0.2, 0) is 0 Å². The summed E-state index contributed by atoms with van der Waals surface area (Å²) < 4.78 is 0. The summed E-state index contributed by atoms with van der Waals surface area (Å²) in [4.78, 5) is 0. The first-order valence-corrected chi connectivity index (χ1v) is 4.36. The van der Waals surface area contributed by atoms with E-state index in [0.717, 1.165) is 12.1 Å². The fraction of sp³-hybridized carbons (Fsp3) is 0.455. The highest BCUT2D eigenvalue weighted by molar-refractivity contribution is 5.25. The standard InChI is InChI=1S/C11H19N/c1-6-8-11(10(5)7-2)12-9(3)4/h6,8,12H,3,7H2,1-2,4-5H3/b8-6-,11-10+. The van der Waals surface area contributed by atoms with Crippen LogP contribution >= 0.6 is 0 Å². The maximum Gasteiger partial charge on any atom is 0.0367 e. The lowest BCUT2D eigenvalue weighted by Gasteiger charge is -2.09.